The van der Waals surface area contributed by atoms with Gasteiger partial charge in [-0.25, -0.2) is 17.9 Å². The number of carboxylic acids is 1. The Hall–Kier alpha value is -1.74. The Morgan fingerprint density at radius 3 is 2.88 bits per heavy atom. The number of aryl methyl sites for hydroxylation is 1. The number of sulfonamides is 1. The van der Waals surface area contributed by atoms with Crippen LogP contribution >= 0.6 is 11.3 Å². The number of rotatable bonds is 7. The predicted octanol–water partition coefficient (Wildman–Crippen LogP) is 2.35. The van der Waals surface area contributed by atoms with Crippen molar-refractivity contribution in [1.29, 1.82) is 0 Å². The third-order valence-corrected chi connectivity index (χ3v) is 7.16. The molecule has 0 aliphatic carbocycles. The smallest absolute Gasteiger partial charge is 0.335 e. The second-order valence-electron chi connectivity index (χ2n) is 6.27. The number of nitrogens with zero attached hydrogens (tertiary/aromatic N) is 1. The van der Waals surface area contributed by atoms with Gasteiger partial charge in [0.25, 0.3) is 0 Å². The van der Waals surface area contributed by atoms with Crippen molar-refractivity contribution in [2.75, 3.05) is 19.6 Å². The summed E-state index contributed by atoms with van der Waals surface area (Å²) in [7, 11) is -3.75. The summed E-state index contributed by atoms with van der Waals surface area (Å²) < 4.78 is 28.0. The normalized spacial score (nSPS) is 15.0. The maximum absolute atomic E-state index is 12.7. The summed E-state index contributed by atoms with van der Waals surface area (Å²) in [6.07, 6.45) is 1.52. The lowest BCUT2D eigenvalue weighted by Gasteiger charge is -2.26. The highest BCUT2D eigenvalue weighted by Gasteiger charge is 2.21. The number of carbonyl (C=O) groups is 1. The lowest BCUT2D eigenvalue weighted by Crippen LogP contribution is -2.37. The van der Waals surface area contributed by atoms with E-state index in [9.17, 15) is 13.2 Å². The first-order valence-electron chi connectivity index (χ1n) is 8.54. The summed E-state index contributed by atoms with van der Waals surface area (Å²) in [5, 5.41) is 11.2. The Labute approximate surface area is 157 Å². The van der Waals surface area contributed by atoms with Crippen LogP contribution in [0, 0.1) is 0 Å². The molecule has 0 amide bonds. The predicted molar refractivity (Wildman–Crippen MR) is 101 cm³/mol. The lowest BCUT2D eigenvalue weighted by molar-refractivity contribution is 0.0696. The van der Waals surface area contributed by atoms with Crippen LogP contribution in [-0.4, -0.2) is 44.0 Å². The van der Waals surface area contributed by atoms with Gasteiger partial charge in [0.05, 0.1) is 10.5 Å². The van der Waals surface area contributed by atoms with Crippen molar-refractivity contribution in [3.8, 4) is 0 Å². The van der Waals surface area contributed by atoms with E-state index in [0.29, 0.717) is 25.1 Å². The number of hydrogen-bond donors (Lipinski definition) is 2. The fourth-order valence-electron chi connectivity index (χ4n) is 3.14. The first-order valence-corrected chi connectivity index (χ1v) is 10.9. The van der Waals surface area contributed by atoms with Crippen LogP contribution in [0.15, 0.2) is 34.5 Å². The van der Waals surface area contributed by atoms with Crippen LogP contribution in [-0.2, 0) is 29.4 Å². The molecule has 0 spiro atoms. The fraction of sp³-hybridized carbons (Fsp3) is 0.389. The quantitative estimate of drug-likeness (QED) is 0.753. The number of fused-ring (bicyclic) bond motifs is 1. The molecule has 0 unspecified atom stereocenters. The van der Waals surface area contributed by atoms with Crippen LogP contribution in [0.25, 0.3) is 0 Å². The fourth-order valence-corrected chi connectivity index (χ4v) is 5.39. The average Bonchev–Trinajstić information content (AvgIpc) is 3.08. The average molecular weight is 395 g/mol. The topological polar surface area (TPSA) is 86.7 Å². The standard InChI is InChI=1S/C18H22N2O4S2/c1-2-13-3-4-14(18(21)22)11-17(13)26(23,24)19-7-9-20-8-5-16-15(12-20)6-10-25-16/h3-4,6,10-11,19H,2,5,7-9,12H2,1H3,(H,21,22). The summed E-state index contributed by atoms with van der Waals surface area (Å²) in [4.78, 5) is 14.9. The van der Waals surface area contributed by atoms with Crippen molar-refractivity contribution in [1.82, 2.24) is 9.62 Å². The van der Waals surface area contributed by atoms with Crippen molar-refractivity contribution >= 4 is 27.3 Å². The molecule has 1 aromatic heterocycles. The van der Waals surface area contributed by atoms with E-state index >= 15 is 0 Å². The van der Waals surface area contributed by atoms with Crippen LogP contribution in [0.2, 0.25) is 0 Å². The van der Waals surface area contributed by atoms with E-state index in [2.05, 4.69) is 21.1 Å². The molecule has 0 fully saturated rings. The third-order valence-electron chi connectivity index (χ3n) is 4.59. The summed E-state index contributed by atoms with van der Waals surface area (Å²) in [5.41, 5.74) is 1.92. The highest BCUT2D eigenvalue weighted by Crippen LogP contribution is 2.23. The van der Waals surface area contributed by atoms with E-state index < -0.39 is 16.0 Å². The van der Waals surface area contributed by atoms with Crippen LogP contribution in [0.1, 0.15) is 33.3 Å². The van der Waals surface area contributed by atoms with E-state index in [1.807, 2.05) is 6.92 Å². The van der Waals surface area contributed by atoms with Gasteiger partial charge in [0.1, 0.15) is 0 Å². The number of nitrogens with one attached hydrogen (secondary N) is 1. The summed E-state index contributed by atoms with van der Waals surface area (Å²) in [5.74, 6) is -1.14. The van der Waals surface area contributed by atoms with Crippen molar-refractivity contribution in [3.05, 3.63) is 51.2 Å². The molecule has 8 heteroatoms. The van der Waals surface area contributed by atoms with Gasteiger partial charge in [-0.3, -0.25) is 4.90 Å². The minimum Gasteiger partial charge on any atom is -0.478 e. The van der Waals surface area contributed by atoms with Crippen LogP contribution in [0.3, 0.4) is 0 Å². The summed E-state index contributed by atoms with van der Waals surface area (Å²) in [6.45, 7) is 4.52. The van der Waals surface area contributed by atoms with Gasteiger partial charge in [0.15, 0.2) is 0 Å². The Kier molecular flexibility index (Phi) is 5.76. The maximum atomic E-state index is 12.7. The molecule has 2 heterocycles. The Morgan fingerprint density at radius 2 is 2.15 bits per heavy atom. The van der Waals surface area contributed by atoms with Crippen LogP contribution in [0.5, 0.6) is 0 Å². The molecule has 26 heavy (non-hydrogen) atoms. The second kappa shape index (κ2) is 7.87. The zero-order chi connectivity index (χ0) is 18.7. The maximum Gasteiger partial charge on any atom is 0.335 e. The molecule has 0 bridgehead atoms. The molecule has 2 N–H and O–H groups in total. The highest BCUT2D eigenvalue weighted by molar-refractivity contribution is 7.89. The molecule has 1 aliphatic rings. The molecule has 0 saturated carbocycles. The lowest BCUT2D eigenvalue weighted by atomic mass is 10.1. The molecule has 1 aliphatic heterocycles. The van der Waals surface area contributed by atoms with Gasteiger partial charge in [0, 0.05) is 31.1 Å². The Balaban J connectivity index is 1.66. The van der Waals surface area contributed by atoms with Gasteiger partial charge in [0.2, 0.25) is 10.0 Å². The van der Waals surface area contributed by atoms with Gasteiger partial charge < -0.3 is 5.11 Å². The van der Waals surface area contributed by atoms with Crippen molar-refractivity contribution in [2.45, 2.75) is 31.2 Å². The van der Waals surface area contributed by atoms with Gasteiger partial charge in [-0.2, -0.15) is 0 Å². The first-order chi connectivity index (χ1) is 12.4. The summed E-state index contributed by atoms with van der Waals surface area (Å²) in [6, 6.07) is 6.37. The zero-order valence-electron chi connectivity index (χ0n) is 14.6. The van der Waals surface area contributed by atoms with Crippen molar-refractivity contribution < 1.29 is 18.3 Å². The summed E-state index contributed by atoms with van der Waals surface area (Å²) >= 11 is 1.77. The van der Waals surface area contributed by atoms with Crippen LogP contribution in [0.4, 0.5) is 0 Å². The molecule has 0 radical (unpaired) electrons. The molecule has 6 nitrogen and oxygen atoms in total. The monoisotopic (exact) mass is 394 g/mol. The SMILES string of the molecule is CCc1ccc(C(=O)O)cc1S(=O)(=O)NCCN1CCc2sccc2C1. The van der Waals surface area contributed by atoms with Crippen molar-refractivity contribution in [3.63, 3.8) is 0 Å². The number of thiophene rings is 1. The van der Waals surface area contributed by atoms with E-state index in [0.717, 1.165) is 19.5 Å². The number of aromatic carboxylic acids is 1. The Bertz CT molecular complexity index is 906. The molecule has 0 saturated heterocycles. The van der Waals surface area contributed by atoms with E-state index in [1.165, 1.54) is 22.6 Å². The highest BCUT2D eigenvalue weighted by atomic mass is 32.2. The van der Waals surface area contributed by atoms with Gasteiger partial charge in [-0.05, 0) is 47.5 Å². The number of carboxylic acid groups (broad SMARTS) is 1. The van der Waals surface area contributed by atoms with Crippen LogP contribution < -0.4 is 4.72 Å². The first kappa shape index (κ1) is 19.0. The second-order valence-corrected chi connectivity index (χ2v) is 9.01. The van der Waals surface area contributed by atoms with E-state index in [4.69, 9.17) is 5.11 Å². The third kappa shape index (κ3) is 4.15. The molecule has 1 aromatic carbocycles. The van der Waals surface area contributed by atoms with E-state index in [-0.39, 0.29) is 10.5 Å². The largest absolute Gasteiger partial charge is 0.478 e. The minimum absolute atomic E-state index is 0.0245. The molecule has 2 aromatic rings. The molecular weight excluding hydrogens is 372 g/mol. The van der Waals surface area contributed by atoms with Gasteiger partial charge >= 0.3 is 5.97 Å². The minimum atomic E-state index is -3.75. The van der Waals surface area contributed by atoms with Gasteiger partial charge in [-0.1, -0.05) is 13.0 Å². The van der Waals surface area contributed by atoms with Crippen molar-refractivity contribution in [2.24, 2.45) is 0 Å². The Morgan fingerprint density at radius 1 is 1.35 bits per heavy atom. The number of benzene rings is 1. The zero-order valence-corrected chi connectivity index (χ0v) is 16.2. The molecular formula is C18H22N2O4S2. The van der Waals surface area contributed by atoms with Gasteiger partial charge in [-0.15, -0.1) is 11.3 Å². The molecule has 3 rings (SSSR count). The van der Waals surface area contributed by atoms with E-state index in [1.54, 1.807) is 17.4 Å². The number of hydrogen-bond acceptors (Lipinski definition) is 5. The molecule has 0 atom stereocenters. The molecule has 140 valence electrons.